The fraction of sp³-hybridized carbons (Fsp3) is 0.238. The first kappa shape index (κ1) is 23.8. The molecule has 8 nitrogen and oxygen atoms in total. The summed E-state index contributed by atoms with van der Waals surface area (Å²) in [5, 5.41) is 14.4. The molecule has 1 aromatic heterocycles. The molecule has 3 rings (SSSR count). The first-order chi connectivity index (χ1) is 15.5. The molecule has 11 heteroatoms. The smallest absolute Gasteiger partial charge is 0.257 e. The van der Waals surface area contributed by atoms with Crippen LogP contribution in [0.3, 0.4) is 0 Å². The van der Waals surface area contributed by atoms with Crippen molar-refractivity contribution in [1.82, 2.24) is 10.2 Å². The number of aromatic nitrogens is 2. The molecule has 0 spiro atoms. The van der Waals surface area contributed by atoms with E-state index in [4.69, 9.17) is 21.1 Å². The van der Waals surface area contributed by atoms with Crippen LogP contribution in [0.1, 0.15) is 24.2 Å². The number of carbonyl (C=O) groups excluding carboxylic acids is 2. The Labute approximate surface area is 198 Å². The van der Waals surface area contributed by atoms with E-state index in [1.165, 1.54) is 23.1 Å². The van der Waals surface area contributed by atoms with Crippen molar-refractivity contribution in [3.63, 3.8) is 0 Å². The molecule has 168 valence electrons. The van der Waals surface area contributed by atoms with Crippen LogP contribution in [0.4, 0.5) is 10.8 Å². The fourth-order valence-corrected chi connectivity index (χ4v) is 4.21. The first-order valence-electron chi connectivity index (χ1n) is 9.71. The summed E-state index contributed by atoms with van der Waals surface area (Å²) in [6, 6.07) is 11.8. The highest BCUT2D eigenvalue weighted by atomic mass is 35.5. The average Bonchev–Trinajstić information content (AvgIpc) is 3.22. The van der Waals surface area contributed by atoms with Crippen LogP contribution >= 0.6 is 34.7 Å². The minimum absolute atomic E-state index is 0.155. The van der Waals surface area contributed by atoms with E-state index in [2.05, 4.69) is 20.8 Å². The number of hydrogen-bond acceptors (Lipinski definition) is 8. The number of rotatable bonds is 10. The summed E-state index contributed by atoms with van der Waals surface area (Å²) in [6.07, 6.45) is 0. The highest BCUT2D eigenvalue weighted by Gasteiger charge is 2.15. The number of carbonyl (C=O) groups is 2. The number of thioether (sulfide) groups is 1. The van der Waals surface area contributed by atoms with Crippen molar-refractivity contribution in [2.45, 2.75) is 18.2 Å². The molecular weight excluding hydrogens is 472 g/mol. The molecule has 0 unspecified atom stereocenters. The van der Waals surface area contributed by atoms with Gasteiger partial charge in [0.1, 0.15) is 0 Å². The van der Waals surface area contributed by atoms with E-state index in [1.54, 1.807) is 42.5 Å². The minimum atomic E-state index is -0.345. The molecule has 0 atom stereocenters. The normalized spacial score (nSPS) is 10.5. The summed E-state index contributed by atoms with van der Waals surface area (Å²) in [5.41, 5.74) is 1.07. The number of anilines is 2. The van der Waals surface area contributed by atoms with Gasteiger partial charge in [-0.05, 0) is 56.3 Å². The van der Waals surface area contributed by atoms with Crippen LogP contribution in [0.5, 0.6) is 11.5 Å². The molecule has 0 radical (unpaired) electrons. The fourth-order valence-electron chi connectivity index (χ4n) is 2.54. The number of benzene rings is 2. The van der Waals surface area contributed by atoms with Gasteiger partial charge in [-0.2, -0.15) is 0 Å². The van der Waals surface area contributed by atoms with Crippen molar-refractivity contribution < 1.29 is 19.1 Å². The lowest BCUT2D eigenvalue weighted by Crippen LogP contribution is -2.13. The van der Waals surface area contributed by atoms with Gasteiger partial charge in [0.15, 0.2) is 15.8 Å². The van der Waals surface area contributed by atoms with Crippen molar-refractivity contribution in [3.05, 3.63) is 53.1 Å². The largest absolute Gasteiger partial charge is 0.490 e. The van der Waals surface area contributed by atoms with E-state index in [0.29, 0.717) is 50.5 Å². The van der Waals surface area contributed by atoms with Crippen molar-refractivity contribution in [2.24, 2.45) is 0 Å². The molecule has 0 aliphatic rings. The van der Waals surface area contributed by atoms with E-state index < -0.39 is 0 Å². The van der Waals surface area contributed by atoms with Gasteiger partial charge in [0.2, 0.25) is 11.0 Å². The quantitative estimate of drug-likeness (QED) is 0.304. The number of nitrogens with zero attached hydrogens (tertiary/aromatic N) is 2. The van der Waals surface area contributed by atoms with Crippen molar-refractivity contribution >= 4 is 57.3 Å². The van der Waals surface area contributed by atoms with Gasteiger partial charge in [0.05, 0.1) is 19.0 Å². The van der Waals surface area contributed by atoms with Crippen LogP contribution in [0, 0.1) is 0 Å². The standard InChI is InChI=1S/C21H21ClN4O4S2/c1-3-29-16-10-5-13(11-17(16)30-4-2)19(28)24-20-25-26-21(32-20)31-12-18(27)23-15-8-6-14(22)7-9-15/h5-11H,3-4,12H2,1-2H3,(H,23,27)(H,24,25,28). The van der Waals surface area contributed by atoms with Gasteiger partial charge in [0.25, 0.3) is 5.91 Å². The second kappa shape index (κ2) is 11.7. The molecule has 2 aromatic carbocycles. The summed E-state index contributed by atoms with van der Waals surface area (Å²) in [5.74, 6) is 0.708. The Balaban J connectivity index is 1.55. The van der Waals surface area contributed by atoms with Crippen LogP contribution in [-0.4, -0.2) is 41.0 Å². The van der Waals surface area contributed by atoms with Gasteiger partial charge in [-0.15, -0.1) is 10.2 Å². The number of halogens is 1. The molecule has 0 aliphatic carbocycles. The zero-order valence-electron chi connectivity index (χ0n) is 17.4. The van der Waals surface area contributed by atoms with Crippen LogP contribution in [0.2, 0.25) is 5.02 Å². The Morgan fingerprint density at radius 2 is 1.72 bits per heavy atom. The molecule has 2 amide bonds. The van der Waals surface area contributed by atoms with Crippen LogP contribution in [0.15, 0.2) is 46.8 Å². The van der Waals surface area contributed by atoms with Crippen molar-refractivity contribution in [3.8, 4) is 11.5 Å². The van der Waals surface area contributed by atoms with E-state index in [1.807, 2.05) is 13.8 Å². The Morgan fingerprint density at radius 3 is 2.44 bits per heavy atom. The Hall–Kier alpha value is -2.82. The lowest BCUT2D eigenvalue weighted by molar-refractivity contribution is -0.113. The van der Waals surface area contributed by atoms with Gasteiger partial charge in [-0.1, -0.05) is 34.7 Å². The lowest BCUT2D eigenvalue weighted by atomic mass is 10.2. The maximum atomic E-state index is 12.6. The third kappa shape index (κ3) is 6.84. The van der Waals surface area contributed by atoms with Gasteiger partial charge in [-0.3, -0.25) is 14.9 Å². The Morgan fingerprint density at radius 1 is 1.00 bits per heavy atom. The molecule has 0 aliphatic heterocycles. The highest BCUT2D eigenvalue weighted by Crippen LogP contribution is 2.30. The second-order valence-corrected chi connectivity index (χ2v) is 8.83. The van der Waals surface area contributed by atoms with Crippen molar-refractivity contribution in [1.29, 1.82) is 0 Å². The predicted octanol–water partition coefficient (Wildman–Crippen LogP) is 4.97. The predicted molar refractivity (Wildman–Crippen MR) is 127 cm³/mol. The number of hydrogen-bond donors (Lipinski definition) is 2. The number of amides is 2. The van der Waals surface area contributed by atoms with Gasteiger partial charge in [-0.25, -0.2) is 0 Å². The van der Waals surface area contributed by atoms with Crippen LogP contribution in [0.25, 0.3) is 0 Å². The summed E-state index contributed by atoms with van der Waals surface area (Å²) >= 11 is 8.25. The van der Waals surface area contributed by atoms with Crippen LogP contribution < -0.4 is 20.1 Å². The summed E-state index contributed by atoms with van der Waals surface area (Å²) in [6.45, 7) is 4.68. The molecule has 0 saturated heterocycles. The first-order valence-corrected chi connectivity index (χ1v) is 11.9. The molecular formula is C21H21ClN4O4S2. The molecule has 3 aromatic rings. The molecule has 2 N–H and O–H groups in total. The summed E-state index contributed by atoms with van der Waals surface area (Å²) in [4.78, 5) is 24.7. The maximum Gasteiger partial charge on any atom is 0.257 e. The number of nitrogens with one attached hydrogen (secondary N) is 2. The molecule has 0 bridgehead atoms. The third-order valence-corrected chi connectivity index (χ3v) is 6.11. The SMILES string of the molecule is CCOc1ccc(C(=O)Nc2nnc(SCC(=O)Nc3ccc(Cl)cc3)s2)cc1OCC. The highest BCUT2D eigenvalue weighted by molar-refractivity contribution is 8.01. The topological polar surface area (TPSA) is 102 Å². The van der Waals surface area contributed by atoms with Gasteiger partial charge in [0, 0.05) is 16.3 Å². The molecule has 0 saturated carbocycles. The zero-order valence-corrected chi connectivity index (χ0v) is 19.8. The average molecular weight is 493 g/mol. The van der Waals surface area contributed by atoms with E-state index in [0.717, 1.165) is 0 Å². The molecule has 32 heavy (non-hydrogen) atoms. The van der Waals surface area contributed by atoms with Crippen molar-refractivity contribution in [2.75, 3.05) is 29.6 Å². The number of ether oxygens (including phenoxy) is 2. The Kier molecular flexibility index (Phi) is 8.72. The van der Waals surface area contributed by atoms with Crippen LogP contribution in [-0.2, 0) is 4.79 Å². The van der Waals surface area contributed by atoms with E-state index in [-0.39, 0.29) is 17.6 Å². The zero-order chi connectivity index (χ0) is 22.9. The lowest BCUT2D eigenvalue weighted by Gasteiger charge is -2.12. The summed E-state index contributed by atoms with van der Waals surface area (Å²) < 4.78 is 11.6. The maximum absolute atomic E-state index is 12.6. The van der Waals surface area contributed by atoms with E-state index in [9.17, 15) is 9.59 Å². The monoisotopic (exact) mass is 492 g/mol. The van der Waals surface area contributed by atoms with Gasteiger partial charge >= 0.3 is 0 Å². The molecule has 1 heterocycles. The second-order valence-electron chi connectivity index (χ2n) is 6.20. The minimum Gasteiger partial charge on any atom is -0.490 e. The summed E-state index contributed by atoms with van der Waals surface area (Å²) in [7, 11) is 0. The third-order valence-electron chi connectivity index (χ3n) is 3.89. The Bertz CT molecular complexity index is 1080. The van der Waals surface area contributed by atoms with Gasteiger partial charge < -0.3 is 14.8 Å². The van der Waals surface area contributed by atoms with E-state index >= 15 is 0 Å². The molecule has 0 fully saturated rings.